The topological polar surface area (TPSA) is 76.1 Å². The fourth-order valence-corrected chi connectivity index (χ4v) is 3.01. The second-order valence-electron chi connectivity index (χ2n) is 6.41. The van der Waals surface area contributed by atoms with E-state index in [1.807, 2.05) is 6.07 Å². The Morgan fingerprint density at radius 3 is 2.63 bits per heavy atom. The first-order chi connectivity index (χ1) is 14.2. The van der Waals surface area contributed by atoms with E-state index < -0.39 is 11.7 Å². The molecule has 0 aliphatic carbocycles. The van der Waals surface area contributed by atoms with E-state index in [1.165, 1.54) is 0 Å². The van der Waals surface area contributed by atoms with E-state index in [1.54, 1.807) is 32.2 Å². The number of anilines is 1. The number of rotatable bonds is 6. The number of hydrogen-bond acceptors (Lipinski definition) is 5. The van der Waals surface area contributed by atoms with Crippen molar-refractivity contribution in [3.63, 3.8) is 0 Å². The summed E-state index contributed by atoms with van der Waals surface area (Å²) in [6.07, 6.45) is -3.81. The molecular weight excluding hydrogens is 421 g/mol. The van der Waals surface area contributed by atoms with Crippen LogP contribution in [0.15, 0.2) is 36.5 Å². The molecule has 6 nitrogen and oxygen atoms in total. The Balaban J connectivity index is 1.60. The van der Waals surface area contributed by atoms with Crippen molar-refractivity contribution in [3.8, 4) is 5.75 Å². The van der Waals surface area contributed by atoms with Crippen LogP contribution in [0.2, 0.25) is 5.02 Å². The highest BCUT2D eigenvalue weighted by Gasteiger charge is 2.31. The lowest BCUT2D eigenvalue weighted by atomic mass is 10.1. The highest BCUT2D eigenvalue weighted by atomic mass is 35.5. The second-order valence-corrected chi connectivity index (χ2v) is 6.82. The normalized spacial score (nSPS) is 11.4. The first-order valence-corrected chi connectivity index (χ1v) is 9.27. The van der Waals surface area contributed by atoms with Crippen LogP contribution < -0.4 is 15.4 Å². The van der Waals surface area contributed by atoms with Gasteiger partial charge in [0.1, 0.15) is 11.6 Å². The van der Waals surface area contributed by atoms with E-state index in [0.717, 1.165) is 11.5 Å². The van der Waals surface area contributed by atoms with Gasteiger partial charge in [-0.3, -0.25) is 9.78 Å². The van der Waals surface area contributed by atoms with Crippen molar-refractivity contribution in [1.82, 2.24) is 15.3 Å². The van der Waals surface area contributed by atoms with Crippen LogP contribution in [0, 0.1) is 6.92 Å². The molecule has 0 fully saturated rings. The minimum absolute atomic E-state index is 0.108. The Morgan fingerprint density at radius 2 is 1.97 bits per heavy atom. The number of nitrogens with one attached hydrogen (secondary N) is 2. The maximum atomic E-state index is 12.6. The molecule has 0 saturated carbocycles. The molecule has 0 unspecified atom stereocenters. The van der Waals surface area contributed by atoms with Crippen LogP contribution in [-0.2, 0) is 6.18 Å². The van der Waals surface area contributed by atoms with Gasteiger partial charge in [-0.15, -0.1) is 0 Å². The van der Waals surface area contributed by atoms with Crippen LogP contribution in [0.25, 0.3) is 10.9 Å². The van der Waals surface area contributed by atoms with Crippen LogP contribution >= 0.6 is 11.6 Å². The van der Waals surface area contributed by atoms with Gasteiger partial charge < -0.3 is 15.4 Å². The molecule has 0 bridgehead atoms. The molecular formula is C20H18ClF3N4O2. The minimum atomic E-state index is -4.51. The molecule has 0 spiro atoms. The van der Waals surface area contributed by atoms with Crippen molar-refractivity contribution in [2.45, 2.75) is 13.1 Å². The third-order valence-electron chi connectivity index (χ3n) is 4.33. The van der Waals surface area contributed by atoms with Gasteiger partial charge in [0.05, 0.1) is 34.5 Å². The molecule has 3 rings (SSSR count). The zero-order valence-electron chi connectivity index (χ0n) is 16.1. The zero-order valence-corrected chi connectivity index (χ0v) is 16.9. The maximum Gasteiger partial charge on any atom is 0.417 e. The molecule has 0 radical (unpaired) electrons. The summed E-state index contributed by atoms with van der Waals surface area (Å²) in [6, 6.07) is 7.93. The number of carbonyl (C=O) groups excluding carboxylic acids is 1. The molecule has 2 aromatic heterocycles. The molecule has 0 aliphatic heterocycles. The number of aromatic nitrogens is 2. The van der Waals surface area contributed by atoms with Crippen LogP contribution in [0.4, 0.5) is 19.0 Å². The zero-order chi connectivity index (χ0) is 21.9. The molecule has 0 aliphatic rings. The number of methoxy groups -OCH3 is 1. The summed E-state index contributed by atoms with van der Waals surface area (Å²) in [5.74, 6) is 0.468. The summed E-state index contributed by atoms with van der Waals surface area (Å²) < 4.78 is 43.1. The Hall–Kier alpha value is -3.07. The fraction of sp³-hybridized carbons (Fsp3) is 0.250. The monoisotopic (exact) mass is 438 g/mol. The van der Waals surface area contributed by atoms with Crippen molar-refractivity contribution in [2.24, 2.45) is 0 Å². The van der Waals surface area contributed by atoms with E-state index in [4.69, 9.17) is 16.3 Å². The molecule has 1 aromatic carbocycles. The highest BCUT2D eigenvalue weighted by Crippen LogP contribution is 2.32. The number of carbonyl (C=O) groups is 1. The number of nitrogens with zero attached hydrogens (tertiary/aromatic N) is 2. The molecule has 30 heavy (non-hydrogen) atoms. The van der Waals surface area contributed by atoms with Crippen LogP contribution in [0.3, 0.4) is 0 Å². The average Bonchev–Trinajstić information content (AvgIpc) is 2.70. The summed E-state index contributed by atoms with van der Waals surface area (Å²) in [4.78, 5) is 20.6. The van der Waals surface area contributed by atoms with Gasteiger partial charge in [-0.1, -0.05) is 11.6 Å². The molecule has 158 valence electrons. The maximum absolute atomic E-state index is 12.6. The third kappa shape index (κ3) is 4.91. The van der Waals surface area contributed by atoms with E-state index in [9.17, 15) is 18.0 Å². The first kappa shape index (κ1) is 21.6. The van der Waals surface area contributed by atoms with Gasteiger partial charge >= 0.3 is 6.18 Å². The van der Waals surface area contributed by atoms with Gasteiger partial charge in [0, 0.05) is 30.7 Å². The number of hydrogen-bond donors (Lipinski definition) is 2. The standard InChI is InChI=1S/C20H18ClF3N4O2/c1-11-15(7-12-3-4-14(30-2)9-17(12)28-11)19(29)26-6-5-25-18-16(21)8-13(10-27-18)20(22,23)24/h3-4,7-10H,5-6H2,1-2H3,(H,25,27)(H,26,29). The first-order valence-electron chi connectivity index (χ1n) is 8.89. The van der Waals surface area contributed by atoms with Gasteiger partial charge in [-0.2, -0.15) is 13.2 Å². The predicted molar refractivity (Wildman–Crippen MR) is 108 cm³/mol. The van der Waals surface area contributed by atoms with Crippen molar-refractivity contribution in [2.75, 3.05) is 25.5 Å². The van der Waals surface area contributed by atoms with Crippen LogP contribution in [0.5, 0.6) is 5.75 Å². The number of pyridine rings is 2. The number of ether oxygens (including phenoxy) is 1. The van der Waals surface area contributed by atoms with Crippen molar-refractivity contribution >= 4 is 34.2 Å². The Morgan fingerprint density at radius 1 is 1.20 bits per heavy atom. The van der Waals surface area contributed by atoms with E-state index >= 15 is 0 Å². The van der Waals surface area contributed by atoms with Gasteiger partial charge in [0.2, 0.25) is 0 Å². The Labute approximate surface area is 175 Å². The number of alkyl halides is 3. The number of fused-ring (bicyclic) bond motifs is 1. The molecule has 2 N–H and O–H groups in total. The quantitative estimate of drug-likeness (QED) is 0.556. The Kier molecular flexibility index (Phi) is 6.31. The van der Waals surface area contributed by atoms with Crippen molar-refractivity contribution < 1.29 is 22.7 Å². The van der Waals surface area contributed by atoms with Crippen molar-refractivity contribution in [3.05, 3.63) is 58.4 Å². The third-order valence-corrected chi connectivity index (χ3v) is 4.62. The number of benzene rings is 1. The molecule has 3 aromatic rings. The number of aryl methyl sites for hydroxylation is 1. The van der Waals surface area contributed by atoms with Gasteiger partial charge in [-0.05, 0) is 31.2 Å². The summed E-state index contributed by atoms with van der Waals surface area (Å²) in [5, 5.41) is 6.18. The van der Waals surface area contributed by atoms with E-state index in [0.29, 0.717) is 28.7 Å². The number of amides is 1. The van der Waals surface area contributed by atoms with E-state index in [2.05, 4.69) is 20.6 Å². The van der Waals surface area contributed by atoms with Crippen molar-refractivity contribution in [1.29, 1.82) is 0 Å². The molecule has 0 saturated heterocycles. The largest absolute Gasteiger partial charge is 0.497 e. The van der Waals surface area contributed by atoms with Gasteiger partial charge in [0.15, 0.2) is 0 Å². The smallest absolute Gasteiger partial charge is 0.417 e. The predicted octanol–water partition coefficient (Wildman–Crippen LogP) is 4.46. The van der Waals surface area contributed by atoms with Crippen LogP contribution in [0.1, 0.15) is 21.6 Å². The minimum Gasteiger partial charge on any atom is -0.497 e. The van der Waals surface area contributed by atoms with Crippen LogP contribution in [-0.4, -0.2) is 36.1 Å². The molecule has 10 heteroatoms. The average molecular weight is 439 g/mol. The summed E-state index contributed by atoms with van der Waals surface area (Å²) >= 11 is 5.84. The van der Waals surface area contributed by atoms with Gasteiger partial charge in [0.25, 0.3) is 5.91 Å². The highest BCUT2D eigenvalue weighted by molar-refractivity contribution is 6.32. The molecule has 2 heterocycles. The molecule has 0 atom stereocenters. The summed E-state index contributed by atoms with van der Waals surface area (Å²) in [6.45, 7) is 2.16. The summed E-state index contributed by atoms with van der Waals surface area (Å²) in [5.41, 5.74) is 0.781. The van der Waals surface area contributed by atoms with Gasteiger partial charge in [-0.25, -0.2) is 4.98 Å². The second kappa shape index (κ2) is 8.74. The lowest BCUT2D eigenvalue weighted by Gasteiger charge is -2.12. The lowest BCUT2D eigenvalue weighted by molar-refractivity contribution is -0.137. The summed E-state index contributed by atoms with van der Waals surface area (Å²) in [7, 11) is 1.57. The fourth-order valence-electron chi connectivity index (χ4n) is 2.78. The SMILES string of the molecule is COc1ccc2cc(C(=O)NCCNc3ncc(C(F)(F)F)cc3Cl)c(C)nc2c1. The Bertz CT molecular complexity index is 1090. The van der Waals surface area contributed by atoms with E-state index in [-0.39, 0.29) is 29.8 Å². The lowest BCUT2D eigenvalue weighted by Crippen LogP contribution is -2.29. The molecule has 1 amide bonds. The number of halogens is 4.